The van der Waals surface area contributed by atoms with Crippen LogP contribution < -0.4 is 5.32 Å². The van der Waals surface area contributed by atoms with E-state index in [2.05, 4.69) is 5.32 Å². The molecule has 1 aliphatic rings. The van der Waals surface area contributed by atoms with Gasteiger partial charge in [-0.1, -0.05) is 25.0 Å². The van der Waals surface area contributed by atoms with Crippen molar-refractivity contribution in [3.63, 3.8) is 0 Å². The molecule has 0 aromatic heterocycles. The predicted molar refractivity (Wildman–Crippen MR) is 80.8 cm³/mol. The van der Waals surface area contributed by atoms with Crippen molar-refractivity contribution in [2.75, 3.05) is 6.61 Å². The van der Waals surface area contributed by atoms with Crippen molar-refractivity contribution >= 4 is 11.9 Å². The Bertz CT molecular complexity index is 533. The molecule has 0 heterocycles. The maximum atomic E-state index is 13.1. The van der Waals surface area contributed by atoms with Gasteiger partial charge in [0.15, 0.2) is 6.61 Å². The van der Waals surface area contributed by atoms with Gasteiger partial charge in [0, 0.05) is 6.04 Å². The normalized spacial score (nSPS) is 16.5. The zero-order valence-electron chi connectivity index (χ0n) is 13.0. The minimum absolute atomic E-state index is 0.00346. The number of carbonyl (C=O) groups is 2. The highest BCUT2D eigenvalue weighted by atomic mass is 19.1. The number of rotatable bonds is 5. The first-order valence-corrected chi connectivity index (χ1v) is 7.67. The molecule has 1 N–H and O–H groups in total. The molecule has 2 rings (SSSR count). The number of carbonyl (C=O) groups excluding carboxylic acids is 2. The van der Waals surface area contributed by atoms with Gasteiger partial charge in [0.2, 0.25) is 0 Å². The van der Waals surface area contributed by atoms with Gasteiger partial charge >= 0.3 is 5.97 Å². The van der Waals surface area contributed by atoms with Crippen LogP contribution in [0.3, 0.4) is 0 Å². The number of hydrogen-bond donors (Lipinski definition) is 1. The molecule has 0 aliphatic heterocycles. The topological polar surface area (TPSA) is 55.4 Å². The Kier molecular flexibility index (Phi) is 5.16. The van der Waals surface area contributed by atoms with Crippen LogP contribution in [0.1, 0.15) is 45.1 Å². The monoisotopic (exact) mass is 307 g/mol. The second-order valence-electron chi connectivity index (χ2n) is 6.09. The maximum Gasteiger partial charge on any atom is 0.317 e. The number of esters is 1. The Balaban J connectivity index is 2.09. The van der Waals surface area contributed by atoms with E-state index < -0.39 is 11.4 Å². The lowest BCUT2D eigenvalue weighted by atomic mass is 9.79. The van der Waals surface area contributed by atoms with Crippen LogP contribution in [0.4, 0.5) is 4.39 Å². The van der Waals surface area contributed by atoms with Gasteiger partial charge in [-0.25, -0.2) is 4.39 Å². The van der Waals surface area contributed by atoms with Crippen molar-refractivity contribution < 1.29 is 18.7 Å². The molecular formula is C17H22FNO3. The lowest BCUT2D eigenvalue weighted by molar-refractivity contribution is -0.154. The number of benzene rings is 1. The first-order valence-electron chi connectivity index (χ1n) is 7.67. The molecule has 5 heteroatoms. The van der Waals surface area contributed by atoms with E-state index in [0.29, 0.717) is 12.8 Å². The summed E-state index contributed by atoms with van der Waals surface area (Å²) in [4.78, 5) is 24.2. The SMILES string of the molecule is CC(C)NC(=O)COC(=O)C1(c2ccc(F)cc2)CCCC1. The molecule has 1 aliphatic carbocycles. The summed E-state index contributed by atoms with van der Waals surface area (Å²) in [6, 6.07) is 5.98. The highest BCUT2D eigenvalue weighted by Gasteiger charge is 2.44. The Hall–Kier alpha value is -1.91. The van der Waals surface area contributed by atoms with Crippen LogP contribution in [0, 0.1) is 5.82 Å². The molecule has 22 heavy (non-hydrogen) atoms. The van der Waals surface area contributed by atoms with Crippen molar-refractivity contribution in [1.82, 2.24) is 5.32 Å². The number of ether oxygens (including phenoxy) is 1. The van der Waals surface area contributed by atoms with Gasteiger partial charge in [0.1, 0.15) is 5.82 Å². The van der Waals surface area contributed by atoms with E-state index in [1.54, 1.807) is 12.1 Å². The quantitative estimate of drug-likeness (QED) is 0.851. The molecule has 0 unspecified atom stereocenters. The van der Waals surface area contributed by atoms with Crippen molar-refractivity contribution in [1.29, 1.82) is 0 Å². The summed E-state index contributed by atoms with van der Waals surface area (Å²) >= 11 is 0. The molecule has 120 valence electrons. The maximum absolute atomic E-state index is 13.1. The number of amides is 1. The molecule has 1 saturated carbocycles. The minimum Gasteiger partial charge on any atom is -0.455 e. The summed E-state index contributed by atoms with van der Waals surface area (Å²) in [5.41, 5.74) is 0.0203. The number of halogens is 1. The van der Waals surface area contributed by atoms with Crippen LogP contribution in [0.5, 0.6) is 0 Å². The smallest absolute Gasteiger partial charge is 0.317 e. The Labute approximate surface area is 130 Å². The second kappa shape index (κ2) is 6.90. The van der Waals surface area contributed by atoms with Crippen LogP contribution in [0.2, 0.25) is 0 Å². The molecule has 1 aromatic carbocycles. The van der Waals surface area contributed by atoms with Gasteiger partial charge in [-0.05, 0) is 44.4 Å². The average Bonchev–Trinajstić information content (AvgIpc) is 2.95. The van der Waals surface area contributed by atoms with Gasteiger partial charge in [-0.3, -0.25) is 9.59 Å². The third kappa shape index (κ3) is 3.64. The third-order valence-electron chi connectivity index (χ3n) is 4.03. The summed E-state index contributed by atoms with van der Waals surface area (Å²) in [7, 11) is 0. The molecule has 0 bridgehead atoms. The molecule has 1 aromatic rings. The lowest BCUT2D eigenvalue weighted by Gasteiger charge is -2.27. The summed E-state index contributed by atoms with van der Waals surface area (Å²) < 4.78 is 18.3. The fourth-order valence-electron chi connectivity index (χ4n) is 2.99. The second-order valence-corrected chi connectivity index (χ2v) is 6.09. The standard InChI is InChI=1S/C17H22FNO3/c1-12(2)19-15(20)11-22-16(21)17(9-3-4-10-17)13-5-7-14(18)8-6-13/h5-8,12H,3-4,9-11H2,1-2H3,(H,19,20). The molecular weight excluding hydrogens is 285 g/mol. The molecule has 4 nitrogen and oxygen atoms in total. The zero-order valence-corrected chi connectivity index (χ0v) is 13.0. The fraction of sp³-hybridized carbons (Fsp3) is 0.529. The average molecular weight is 307 g/mol. The molecule has 0 spiro atoms. The van der Waals surface area contributed by atoms with Crippen molar-refractivity contribution in [3.8, 4) is 0 Å². The first kappa shape index (κ1) is 16.5. The third-order valence-corrected chi connectivity index (χ3v) is 4.03. The van der Waals surface area contributed by atoms with E-state index in [-0.39, 0.29) is 24.4 Å². The van der Waals surface area contributed by atoms with Crippen LogP contribution in [0.25, 0.3) is 0 Å². The van der Waals surface area contributed by atoms with Gasteiger partial charge < -0.3 is 10.1 Å². The summed E-state index contributed by atoms with van der Waals surface area (Å²) in [6.07, 6.45) is 3.18. The Morgan fingerprint density at radius 2 is 1.82 bits per heavy atom. The number of hydrogen-bond acceptors (Lipinski definition) is 3. The number of nitrogens with one attached hydrogen (secondary N) is 1. The summed E-state index contributed by atoms with van der Waals surface area (Å²) in [6.45, 7) is 3.41. The molecule has 1 amide bonds. The highest BCUT2D eigenvalue weighted by Crippen LogP contribution is 2.42. The molecule has 0 radical (unpaired) electrons. The van der Waals surface area contributed by atoms with Gasteiger partial charge in [0.05, 0.1) is 5.41 Å². The zero-order chi connectivity index (χ0) is 16.2. The van der Waals surface area contributed by atoms with E-state index in [1.807, 2.05) is 13.8 Å². The Morgan fingerprint density at radius 1 is 1.23 bits per heavy atom. The summed E-state index contributed by atoms with van der Waals surface area (Å²) in [5, 5.41) is 2.68. The minimum atomic E-state index is -0.744. The van der Waals surface area contributed by atoms with Crippen molar-refractivity contribution in [2.24, 2.45) is 0 Å². The van der Waals surface area contributed by atoms with E-state index in [1.165, 1.54) is 12.1 Å². The molecule has 0 atom stereocenters. The fourth-order valence-corrected chi connectivity index (χ4v) is 2.99. The van der Waals surface area contributed by atoms with Crippen molar-refractivity contribution in [3.05, 3.63) is 35.6 Å². The van der Waals surface area contributed by atoms with Crippen LogP contribution in [-0.2, 0) is 19.7 Å². The van der Waals surface area contributed by atoms with E-state index in [4.69, 9.17) is 4.74 Å². The predicted octanol–water partition coefficient (Wildman–Crippen LogP) is 2.71. The first-order chi connectivity index (χ1) is 10.4. The van der Waals surface area contributed by atoms with E-state index >= 15 is 0 Å². The van der Waals surface area contributed by atoms with E-state index in [9.17, 15) is 14.0 Å². The van der Waals surface area contributed by atoms with Gasteiger partial charge in [-0.15, -0.1) is 0 Å². The largest absolute Gasteiger partial charge is 0.455 e. The van der Waals surface area contributed by atoms with Gasteiger partial charge in [-0.2, -0.15) is 0 Å². The van der Waals surface area contributed by atoms with Gasteiger partial charge in [0.25, 0.3) is 5.91 Å². The van der Waals surface area contributed by atoms with Crippen LogP contribution >= 0.6 is 0 Å². The Morgan fingerprint density at radius 3 is 2.36 bits per heavy atom. The molecule has 1 fully saturated rings. The van der Waals surface area contributed by atoms with Crippen LogP contribution in [-0.4, -0.2) is 24.5 Å². The lowest BCUT2D eigenvalue weighted by Crippen LogP contribution is -2.39. The van der Waals surface area contributed by atoms with Crippen molar-refractivity contribution in [2.45, 2.75) is 51.0 Å². The molecule has 0 saturated heterocycles. The summed E-state index contributed by atoms with van der Waals surface area (Å²) in [5.74, 6) is -1.03. The highest BCUT2D eigenvalue weighted by molar-refractivity contribution is 5.86. The van der Waals surface area contributed by atoms with E-state index in [0.717, 1.165) is 18.4 Å². The van der Waals surface area contributed by atoms with Crippen LogP contribution in [0.15, 0.2) is 24.3 Å².